The van der Waals surface area contributed by atoms with E-state index in [4.69, 9.17) is 9.72 Å². The van der Waals surface area contributed by atoms with Crippen LogP contribution in [0, 0.1) is 11.3 Å². The smallest absolute Gasteiger partial charge is 0.262 e. The summed E-state index contributed by atoms with van der Waals surface area (Å²) in [5.41, 5.74) is 2.38. The van der Waals surface area contributed by atoms with Crippen molar-refractivity contribution < 1.29 is 4.74 Å². The highest BCUT2D eigenvalue weighted by molar-refractivity contribution is 7.98. The zero-order valence-corrected chi connectivity index (χ0v) is 16.7. The van der Waals surface area contributed by atoms with Gasteiger partial charge in [-0.05, 0) is 24.3 Å². The molecule has 0 N–H and O–H groups in total. The number of benzene rings is 2. The molecule has 4 aromatic rings. The second-order valence-electron chi connectivity index (χ2n) is 6.41. The predicted octanol–water partition coefficient (Wildman–Crippen LogP) is 3.21. The standard InChI is InChI=1S/C21H19N5O2S/c1-28-13-12-25-18-9-5-4-8-17(18)24-21(25)29-14-19-23-16-7-3-2-6-15(16)20(27)26(19)11-10-22/h2-9H,11-14H2,1H3. The molecule has 0 amide bonds. The number of rotatable bonds is 7. The summed E-state index contributed by atoms with van der Waals surface area (Å²) in [4.78, 5) is 22.2. The number of fused-ring (bicyclic) bond motifs is 2. The van der Waals surface area contributed by atoms with Gasteiger partial charge in [-0.25, -0.2) is 9.97 Å². The average molecular weight is 405 g/mol. The highest BCUT2D eigenvalue weighted by atomic mass is 32.2. The van der Waals surface area contributed by atoms with E-state index in [1.54, 1.807) is 19.2 Å². The zero-order chi connectivity index (χ0) is 20.2. The topological polar surface area (TPSA) is 85.7 Å². The van der Waals surface area contributed by atoms with Gasteiger partial charge in [-0.1, -0.05) is 36.0 Å². The normalized spacial score (nSPS) is 11.2. The summed E-state index contributed by atoms with van der Waals surface area (Å²) in [6, 6.07) is 17.2. The van der Waals surface area contributed by atoms with Crippen LogP contribution in [0.25, 0.3) is 21.9 Å². The number of aromatic nitrogens is 4. The quantitative estimate of drug-likeness (QED) is 0.439. The van der Waals surface area contributed by atoms with Crippen LogP contribution in [-0.4, -0.2) is 32.8 Å². The van der Waals surface area contributed by atoms with Gasteiger partial charge in [0, 0.05) is 13.7 Å². The Morgan fingerprint density at radius 3 is 2.62 bits per heavy atom. The van der Waals surface area contributed by atoms with Gasteiger partial charge < -0.3 is 9.30 Å². The maximum Gasteiger partial charge on any atom is 0.262 e. The van der Waals surface area contributed by atoms with Crippen LogP contribution in [0.3, 0.4) is 0 Å². The maximum atomic E-state index is 12.8. The molecule has 4 rings (SSSR count). The maximum absolute atomic E-state index is 12.8. The van der Waals surface area contributed by atoms with Gasteiger partial charge in [0.1, 0.15) is 12.4 Å². The van der Waals surface area contributed by atoms with Gasteiger partial charge in [0.25, 0.3) is 5.56 Å². The van der Waals surface area contributed by atoms with Gasteiger partial charge in [0.15, 0.2) is 5.16 Å². The summed E-state index contributed by atoms with van der Waals surface area (Å²) in [6.45, 7) is 1.21. The van der Waals surface area contributed by atoms with E-state index in [9.17, 15) is 10.1 Å². The number of ether oxygens (including phenoxy) is 1. The molecule has 8 heteroatoms. The fourth-order valence-corrected chi connectivity index (χ4v) is 4.24. The van der Waals surface area contributed by atoms with E-state index in [2.05, 4.69) is 15.6 Å². The van der Waals surface area contributed by atoms with Crippen LogP contribution in [0.2, 0.25) is 0 Å². The van der Waals surface area contributed by atoms with Crippen molar-refractivity contribution in [1.82, 2.24) is 19.1 Å². The van der Waals surface area contributed by atoms with Crippen molar-refractivity contribution >= 4 is 33.7 Å². The summed E-state index contributed by atoms with van der Waals surface area (Å²) >= 11 is 1.50. The molecule has 0 aliphatic carbocycles. The average Bonchev–Trinajstić information content (AvgIpc) is 3.10. The predicted molar refractivity (Wildman–Crippen MR) is 113 cm³/mol. The van der Waals surface area contributed by atoms with E-state index in [0.717, 1.165) is 16.2 Å². The Morgan fingerprint density at radius 2 is 1.83 bits per heavy atom. The van der Waals surface area contributed by atoms with Crippen LogP contribution in [0.4, 0.5) is 0 Å². The molecule has 146 valence electrons. The van der Waals surface area contributed by atoms with Crippen LogP contribution in [0.5, 0.6) is 0 Å². The molecule has 0 bridgehead atoms. The van der Waals surface area contributed by atoms with E-state index in [1.807, 2.05) is 36.4 Å². The van der Waals surface area contributed by atoms with Crippen LogP contribution >= 0.6 is 11.8 Å². The second kappa shape index (κ2) is 8.47. The highest BCUT2D eigenvalue weighted by Crippen LogP contribution is 2.26. The molecule has 7 nitrogen and oxygen atoms in total. The lowest BCUT2D eigenvalue weighted by molar-refractivity contribution is 0.186. The van der Waals surface area contributed by atoms with Crippen LogP contribution in [0.15, 0.2) is 58.5 Å². The molecule has 2 aromatic heterocycles. The fraction of sp³-hybridized carbons (Fsp3) is 0.238. The number of nitrogens with zero attached hydrogens (tertiary/aromatic N) is 5. The molecule has 0 fully saturated rings. The van der Waals surface area contributed by atoms with Crippen molar-refractivity contribution in [1.29, 1.82) is 5.26 Å². The molecular formula is C21H19N5O2S. The first-order chi connectivity index (χ1) is 14.2. The van der Waals surface area contributed by atoms with Crippen LogP contribution < -0.4 is 5.56 Å². The van der Waals surface area contributed by atoms with E-state index in [0.29, 0.717) is 35.6 Å². The Morgan fingerprint density at radius 1 is 1.07 bits per heavy atom. The summed E-state index contributed by atoms with van der Waals surface area (Å²) in [7, 11) is 1.67. The second-order valence-corrected chi connectivity index (χ2v) is 7.35. The summed E-state index contributed by atoms with van der Waals surface area (Å²) in [5, 5.41) is 10.5. The Kier molecular flexibility index (Phi) is 5.60. The monoisotopic (exact) mass is 405 g/mol. The minimum atomic E-state index is -0.194. The van der Waals surface area contributed by atoms with Crippen LogP contribution in [-0.2, 0) is 23.6 Å². The lowest BCUT2D eigenvalue weighted by Gasteiger charge is -2.11. The SMILES string of the molecule is COCCn1c(SCc2nc3ccccc3c(=O)n2CC#N)nc2ccccc21. The molecule has 0 saturated carbocycles. The van der Waals surface area contributed by atoms with Gasteiger partial charge in [0.2, 0.25) is 0 Å². The number of para-hydroxylation sites is 3. The molecule has 0 saturated heterocycles. The number of hydrogen-bond acceptors (Lipinski definition) is 6. The largest absolute Gasteiger partial charge is 0.383 e. The molecule has 2 heterocycles. The third-order valence-corrected chi connectivity index (χ3v) is 5.61. The van der Waals surface area contributed by atoms with Gasteiger partial charge in [-0.2, -0.15) is 5.26 Å². The molecule has 29 heavy (non-hydrogen) atoms. The minimum Gasteiger partial charge on any atom is -0.383 e. The van der Waals surface area contributed by atoms with Crippen molar-refractivity contribution in [2.75, 3.05) is 13.7 Å². The van der Waals surface area contributed by atoms with Gasteiger partial charge in [-0.3, -0.25) is 9.36 Å². The van der Waals surface area contributed by atoms with Gasteiger partial charge in [0.05, 0.1) is 40.4 Å². The van der Waals surface area contributed by atoms with Crippen molar-refractivity contribution in [2.45, 2.75) is 24.0 Å². The minimum absolute atomic E-state index is 0.0351. The summed E-state index contributed by atoms with van der Waals surface area (Å²) in [6.07, 6.45) is 0. The van der Waals surface area contributed by atoms with E-state index < -0.39 is 0 Å². The lowest BCUT2D eigenvalue weighted by Crippen LogP contribution is -2.24. The number of thioether (sulfide) groups is 1. The van der Waals surface area contributed by atoms with E-state index in [1.165, 1.54) is 16.3 Å². The lowest BCUT2D eigenvalue weighted by atomic mass is 10.2. The Labute approximate surface area is 171 Å². The third kappa shape index (κ3) is 3.75. The molecular weight excluding hydrogens is 386 g/mol. The number of nitriles is 1. The number of hydrogen-bond donors (Lipinski definition) is 0. The van der Waals surface area contributed by atoms with Crippen molar-refractivity contribution in [3.05, 3.63) is 64.7 Å². The van der Waals surface area contributed by atoms with Crippen molar-refractivity contribution in [3.63, 3.8) is 0 Å². The summed E-state index contributed by atoms with van der Waals surface area (Å²) < 4.78 is 8.80. The Balaban J connectivity index is 1.72. The Bertz CT molecular complexity index is 1270. The number of methoxy groups -OCH3 is 1. The van der Waals surface area contributed by atoms with Crippen molar-refractivity contribution in [2.24, 2.45) is 0 Å². The molecule has 0 atom stereocenters. The Hall–Kier alpha value is -3.15. The first-order valence-corrected chi connectivity index (χ1v) is 10.1. The molecule has 0 spiro atoms. The summed E-state index contributed by atoms with van der Waals surface area (Å²) in [5.74, 6) is 0.989. The first-order valence-electron chi connectivity index (χ1n) is 9.15. The zero-order valence-electron chi connectivity index (χ0n) is 15.9. The first kappa shape index (κ1) is 19.2. The molecule has 0 aliphatic heterocycles. The molecule has 0 aliphatic rings. The van der Waals surface area contributed by atoms with Crippen LogP contribution in [0.1, 0.15) is 5.82 Å². The van der Waals surface area contributed by atoms with Crippen molar-refractivity contribution in [3.8, 4) is 6.07 Å². The molecule has 0 radical (unpaired) electrons. The number of imidazole rings is 1. The van der Waals surface area contributed by atoms with Gasteiger partial charge >= 0.3 is 0 Å². The highest BCUT2D eigenvalue weighted by Gasteiger charge is 2.15. The van der Waals surface area contributed by atoms with E-state index >= 15 is 0 Å². The molecule has 0 unspecified atom stereocenters. The van der Waals surface area contributed by atoms with E-state index in [-0.39, 0.29) is 12.1 Å². The molecule has 2 aromatic carbocycles. The van der Waals surface area contributed by atoms with Gasteiger partial charge in [-0.15, -0.1) is 0 Å². The third-order valence-electron chi connectivity index (χ3n) is 4.64. The fourth-order valence-electron chi connectivity index (χ4n) is 3.25.